The van der Waals surface area contributed by atoms with E-state index in [9.17, 15) is 33.9 Å². The Kier molecular flexibility index (Phi) is 32.8. The summed E-state index contributed by atoms with van der Waals surface area (Å²) in [5.74, 6) is -11.1. The smallest absolute Gasteiger partial charge is 0.246 e. The first-order valence-corrected chi connectivity index (χ1v) is 33.2. The van der Waals surface area contributed by atoms with Gasteiger partial charge >= 0.3 is 0 Å². The minimum atomic E-state index is -1.64. The first-order valence-electron chi connectivity index (χ1n) is 33.2. The average Bonchev–Trinajstić information content (AvgIpc) is 0.837. The molecule has 0 unspecified atom stereocenters. The topological polar surface area (TPSA) is 270 Å². The highest BCUT2D eigenvalue weighted by Crippen LogP contribution is 2.28. The number of nitrogens with zero attached hydrogens (tertiary/aromatic N) is 8. The van der Waals surface area contributed by atoms with Crippen LogP contribution >= 0.6 is 0 Å². The Morgan fingerprint density at radius 2 is 0.957 bits per heavy atom. The zero-order valence-corrected chi connectivity index (χ0v) is 60.4. The van der Waals surface area contributed by atoms with Crippen LogP contribution in [-0.4, -0.2) is 232 Å². The van der Waals surface area contributed by atoms with Gasteiger partial charge in [0.2, 0.25) is 65.0 Å². The molecule has 23 nitrogen and oxygen atoms in total. The number of aliphatic hydroxyl groups is 1. The summed E-state index contributed by atoms with van der Waals surface area (Å²) in [6.45, 7) is 28.8. The molecule has 4 N–H and O–H groups in total. The Morgan fingerprint density at radius 3 is 1.43 bits per heavy atom. The van der Waals surface area contributed by atoms with E-state index in [1.807, 2.05) is 55.4 Å². The van der Waals surface area contributed by atoms with Crippen molar-refractivity contribution in [1.82, 2.24) is 55.1 Å². The van der Waals surface area contributed by atoms with Crippen LogP contribution in [0, 0.1) is 47.2 Å². The van der Waals surface area contributed by atoms with Gasteiger partial charge in [-0.1, -0.05) is 121 Å². The molecule has 0 bridgehead atoms. The van der Waals surface area contributed by atoms with E-state index in [2.05, 4.69) is 16.0 Å². The lowest BCUT2D eigenvalue weighted by Gasteiger charge is -2.41. The number of nitrogens with one attached hydrogen (secondary N) is 3. The van der Waals surface area contributed by atoms with Crippen molar-refractivity contribution >= 4 is 65.0 Å². The molecule has 24 heteroatoms. The number of benzene rings is 1. The van der Waals surface area contributed by atoms with E-state index in [-0.39, 0.29) is 68.7 Å². The van der Waals surface area contributed by atoms with Crippen LogP contribution in [0.15, 0.2) is 36.4 Å². The molecule has 93 heavy (non-hydrogen) atoms. The highest BCUT2D eigenvalue weighted by atomic mass is 19.1. The predicted octanol–water partition coefficient (Wildman–Crippen LogP) is 5.32. The number of amides is 11. The molecule has 11 amide bonds. The maximum atomic E-state index is 15.6. The quantitative estimate of drug-likeness (QED) is 0.144. The molecule has 1 fully saturated rings. The van der Waals surface area contributed by atoms with Gasteiger partial charge in [0.25, 0.3) is 0 Å². The Morgan fingerprint density at radius 1 is 0.516 bits per heavy atom. The average molecular weight is 1310 g/mol. The molecule has 1 aliphatic rings. The SMILES string of the molecule is C/C=C/C[C@@H](C)[C@@H](O)[C@H]1C(=O)N[C@@H](CC)C(=O)N(C)CC(=O)N(C)[C@@H](CC(C)C)C(=O)N(Cc2cccc(F)c2)[C@@H](C(C)C)C(=O)N(C)[C@@H](CC(C)C)C(=O)N[C@@H](C)C(=O)N[C@H](C)C(=O)N(C)[C@@H](CC(C)C)C(=O)N(C)[C@@H](CC(C)C)C(=O)N(C)[C@@H](C(C)C)C(=O)N1C. The molecular formula is C69H116FN11O12. The molecular weight excluding hydrogens is 1190 g/mol. The zero-order valence-electron chi connectivity index (χ0n) is 60.4. The number of likely N-dealkylation sites (N-methyl/N-ethyl adjacent to an activating group) is 7. The maximum Gasteiger partial charge on any atom is 0.246 e. The number of carbonyl (C=O) groups excluding carboxylic acids is 11. The van der Waals surface area contributed by atoms with Crippen LogP contribution in [0.3, 0.4) is 0 Å². The number of allylic oxidation sites excluding steroid dienone is 2. The van der Waals surface area contributed by atoms with Crippen molar-refractivity contribution in [2.45, 2.75) is 229 Å². The number of carbonyl (C=O) groups is 11. The minimum Gasteiger partial charge on any atom is -0.390 e. The van der Waals surface area contributed by atoms with Gasteiger partial charge in [-0.3, -0.25) is 52.7 Å². The van der Waals surface area contributed by atoms with Crippen molar-refractivity contribution in [2.24, 2.45) is 41.4 Å². The van der Waals surface area contributed by atoms with E-state index >= 15 is 28.4 Å². The van der Waals surface area contributed by atoms with Crippen LogP contribution in [0.1, 0.15) is 162 Å². The van der Waals surface area contributed by atoms with E-state index < -0.39 is 162 Å². The fourth-order valence-corrected chi connectivity index (χ4v) is 12.0. The first-order chi connectivity index (χ1) is 43.1. The lowest BCUT2D eigenvalue weighted by Crippen LogP contribution is -2.63. The number of aliphatic hydroxyl groups excluding tert-OH is 1. The van der Waals surface area contributed by atoms with Gasteiger partial charge in [0, 0.05) is 55.9 Å². The molecule has 0 aromatic heterocycles. The molecule has 526 valence electrons. The molecule has 0 aliphatic carbocycles. The lowest BCUT2D eigenvalue weighted by molar-refractivity contribution is -0.157. The molecule has 0 saturated carbocycles. The van der Waals surface area contributed by atoms with E-state index in [4.69, 9.17) is 0 Å². The summed E-state index contributed by atoms with van der Waals surface area (Å²) >= 11 is 0. The lowest BCUT2D eigenvalue weighted by atomic mass is 9.91. The normalized spacial score (nSPS) is 25.7. The van der Waals surface area contributed by atoms with Crippen molar-refractivity contribution in [3.05, 3.63) is 47.8 Å². The number of hydrogen-bond donors (Lipinski definition) is 4. The van der Waals surface area contributed by atoms with Gasteiger partial charge in [-0.05, 0) is 118 Å². The molecule has 0 spiro atoms. The molecule has 1 heterocycles. The van der Waals surface area contributed by atoms with Gasteiger partial charge < -0.3 is 60.3 Å². The maximum absolute atomic E-state index is 15.6. The van der Waals surface area contributed by atoms with E-state index in [0.717, 1.165) is 9.80 Å². The highest BCUT2D eigenvalue weighted by Gasteiger charge is 2.47. The zero-order chi connectivity index (χ0) is 71.5. The fraction of sp³-hybridized carbons (Fsp3) is 0.725. The predicted molar refractivity (Wildman–Crippen MR) is 357 cm³/mol. The molecule has 12 atom stereocenters. The van der Waals surface area contributed by atoms with Crippen molar-refractivity contribution < 1.29 is 62.2 Å². The van der Waals surface area contributed by atoms with Gasteiger partial charge in [-0.2, -0.15) is 0 Å². The van der Waals surface area contributed by atoms with Crippen LogP contribution in [-0.2, 0) is 59.3 Å². The van der Waals surface area contributed by atoms with Crippen LogP contribution in [0.2, 0.25) is 0 Å². The Balaban J connectivity index is 3.12. The summed E-state index contributed by atoms with van der Waals surface area (Å²) in [4.78, 5) is 174. The fourth-order valence-electron chi connectivity index (χ4n) is 12.0. The van der Waals surface area contributed by atoms with Crippen molar-refractivity contribution in [3.63, 3.8) is 0 Å². The highest BCUT2D eigenvalue weighted by molar-refractivity contribution is 5.99. The summed E-state index contributed by atoms with van der Waals surface area (Å²) in [6.07, 6.45) is 2.75. The number of rotatable bonds is 17. The molecule has 0 radical (unpaired) electrons. The van der Waals surface area contributed by atoms with Crippen LogP contribution in [0.4, 0.5) is 4.39 Å². The van der Waals surface area contributed by atoms with Gasteiger partial charge in [0.05, 0.1) is 12.6 Å². The summed E-state index contributed by atoms with van der Waals surface area (Å²) in [7, 11) is 9.84. The van der Waals surface area contributed by atoms with Crippen LogP contribution in [0.5, 0.6) is 0 Å². The molecule has 2 rings (SSSR count). The first kappa shape index (κ1) is 82.1. The van der Waals surface area contributed by atoms with Gasteiger partial charge in [0.15, 0.2) is 0 Å². The second kappa shape index (κ2) is 37.2. The number of halogens is 1. The van der Waals surface area contributed by atoms with Crippen molar-refractivity contribution in [1.29, 1.82) is 0 Å². The summed E-state index contributed by atoms with van der Waals surface area (Å²) < 4.78 is 15.0. The summed E-state index contributed by atoms with van der Waals surface area (Å²) in [5.41, 5.74) is 0.318. The van der Waals surface area contributed by atoms with E-state index in [1.54, 1.807) is 66.7 Å². The Labute approximate surface area is 554 Å². The molecule has 1 aromatic rings. The molecule has 1 aromatic carbocycles. The largest absolute Gasteiger partial charge is 0.390 e. The van der Waals surface area contributed by atoms with Gasteiger partial charge in [0.1, 0.15) is 66.2 Å². The third-order valence-corrected chi connectivity index (χ3v) is 17.6. The third kappa shape index (κ3) is 22.6. The standard InChI is InChI=1S/C69H116FN11O12/c1-25-27-29-45(15)59(83)58-62(86)73-50(26-2)64(88)74(18)38-55(82)75(19)54(35-42(9)10)67(91)81(37-48-30-28-31-49(70)36-48)57(44(13)14)69(93)76(20)51(32-39(3)4)61(85)71-46(16)60(84)72-47(17)63(87)77(21)52(33-40(5)6)65(89)78(22)53(34-41(7)8)66(90)79(23)56(43(11)12)68(92)80(58)24/h25,27-28,30-31,36,39-47,50-54,56-59,83H,26,29,32-35,37-38H2,1-24H3,(H,71,85)(H,72,84)(H,73,86)/b27-25+/t45-,46+,47-,50+,51+,52+,53+,54+,56+,57+,58+,59-/m1/s1. The van der Waals surface area contributed by atoms with Crippen molar-refractivity contribution in [2.75, 3.05) is 55.9 Å². The van der Waals surface area contributed by atoms with Crippen LogP contribution < -0.4 is 16.0 Å². The molecule has 1 saturated heterocycles. The van der Waals surface area contributed by atoms with Crippen molar-refractivity contribution in [3.8, 4) is 0 Å². The Hall–Kier alpha value is -6.98. The number of hydrogen-bond acceptors (Lipinski definition) is 12. The Bertz CT molecular complexity index is 2760. The second-order valence-electron chi connectivity index (χ2n) is 28.1. The van der Waals surface area contributed by atoms with Crippen LogP contribution in [0.25, 0.3) is 0 Å². The third-order valence-electron chi connectivity index (χ3n) is 17.6. The van der Waals surface area contributed by atoms with Gasteiger partial charge in [-0.25, -0.2) is 4.39 Å². The molecule has 1 aliphatic heterocycles. The van der Waals surface area contributed by atoms with E-state index in [1.165, 1.54) is 111 Å². The van der Waals surface area contributed by atoms with Gasteiger partial charge in [-0.15, -0.1) is 0 Å². The van der Waals surface area contributed by atoms with E-state index in [0.29, 0.717) is 5.56 Å². The second-order valence-corrected chi connectivity index (χ2v) is 28.1. The monoisotopic (exact) mass is 1310 g/mol. The summed E-state index contributed by atoms with van der Waals surface area (Å²) in [6, 6.07) is -7.45. The summed E-state index contributed by atoms with van der Waals surface area (Å²) in [5, 5.41) is 20.4. The minimum absolute atomic E-state index is 0.0137.